The number of aryl methyl sites for hydroxylation is 1. The van der Waals surface area contributed by atoms with Gasteiger partial charge in [-0.1, -0.05) is 5.21 Å². The van der Waals surface area contributed by atoms with E-state index in [9.17, 15) is 9.59 Å². The summed E-state index contributed by atoms with van der Waals surface area (Å²) in [6.45, 7) is 2.59. The van der Waals surface area contributed by atoms with Crippen LogP contribution in [0.15, 0.2) is 12.4 Å². The van der Waals surface area contributed by atoms with Crippen molar-refractivity contribution in [2.24, 2.45) is 5.92 Å². The zero-order valence-electron chi connectivity index (χ0n) is 12.9. The summed E-state index contributed by atoms with van der Waals surface area (Å²) < 4.78 is 6.60. The molecule has 1 aromatic heterocycles. The van der Waals surface area contributed by atoms with Crippen molar-refractivity contribution in [1.82, 2.24) is 25.2 Å². The lowest BCUT2D eigenvalue weighted by Gasteiger charge is -2.31. The van der Waals surface area contributed by atoms with Gasteiger partial charge in [-0.3, -0.25) is 14.3 Å². The first-order chi connectivity index (χ1) is 10.7. The standard InChI is InChI=1S/C14H23N5O3/c1-22-11-13(20)18-7-2-4-12(10-18)14(21)15-5-3-8-19-9-6-16-17-19/h6,9,12H,2-5,7-8,10-11H2,1H3,(H,15,21). The molecule has 122 valence electrons. The molecule has 1 atom stereocenters. The van der Waals surface area contributed by atoms with Crippen LogP contribution < -0.4 is 5.32 Å². The van der Waals surface area contributed by atoms with E-state index < -0.39 is 0 Å². The summed E-state index contributed by atoms with van der Waals surface area (Å²) in [7, 11) is 1.50. The molecule has 0 bridgehead atoms. The number of rotatable bonds is 7. The van der Waals surface area contributed by atoms with Gasteiger partial charge in [-0.15, -0.1) is 5.10 Å². The van der Waals surface area contributed by atoms with Gasteiger partial charge < -0.3 is 15.0 Å². The molecule has 0 saturated carbocycles. The number of ether oxygens (including phenoxy) is 1. The van der Waals surface area contributed by atoms with Gasteiger partial charge in [0.25, 0.3) is 0 Å². The summed E-state index contributed by atoms with van der Waals surface area (Å²) in [6, 6.07) is 0. The van der Waals surface area contributed by atoms with Crippen LogP contribution in [0.2, 0.25) is 0 Å². The van der Waals surface area contributed by atoms with Crippen molar-refractivity contribution in [2.75, 3.05) is 33.4 Å². The normalized spacial score (nSPS) is 18.2. The Hall–Kier alpha value is -1.96. The lowest BCUT2D eigenvalue weighted by atomic mass is 9.97. The van der Waals surface area contributed by atoms with Gasteiger partial charge in [-0.25, -0.2) is 0 Å². The van der Waals surface area contributed by atoms with Crippen molar-refractivity contribution >= 4 is 11.8 Å². The maximum atomic E-state index is 12.2. The monoisotopic (exact) mass is 309 g/mol. The summed E-state index contributed by atoms with van der Waals surface area (Å²) in [5, 5.41) is 10.5. The maximum absolute atomic E-state index is 12.2. The predicted octanol–water partition coefficient (Wildman–Crippen LogP) is -0.331. The summed E-state index contributed by atoms with van der Waals surface area (Å²) >= 11 is 0. The van der Waals surface area contributed by atoms with Crippen LogP contribution in [-0.2, 0) is 20.9 Å². The summed E-state index contributed by atoms with van der Waals surface area (Å²) in [5.74, 6) is -0.152. The van der Waals surface area contributed by atoms with Gasteiger partial charge in [0.05, 0.1) is 12.1 Å². The Bertz CT molecular complexity index is 477. The van der Waals surface area contributed by atoms with Crippen LogP contribution in [0.3, 0.4) is 0 Å². The Labute approximate surface area is 129 Å². The molecular weight excluding hydrogens is 286 g/mol. The minimum absolute atomic E-state index is 0.0218. The third-order valence-electron chi connectivity index (χ3n) is 3.75. The highest BCUT2D eigenvalue weighted by Gasteiger charge is 2.27. The fourth-order valence-electron chi connectivity index (χ4n) is 2.58. The lowest BCUT2D eigenvalue weighted by molar-refractivity contribution is -0.138. The zero-order chi connectivity index (χ0) is 15.8. The molecule has 1 aliphatic heterocycles. The van der Waals surface area contributed by atoms with E-state index in [1.807, 2.05) is 0 Å². The minimum Gasteiger partial charge on any atom is -0.375 e. The number of piperidine rings is 1. The van der Waals surface area contributed by atoms with Crippen LogP contribution in [0.25, 0.3) is 0 Å². The molecule has 2 amide bonds. The molecule has 1 aliphatic rings. The smallest absolute Gasteiger partial charge is 0.248 e. The minimum atomic E-state index is -0.124. The Morgan fingerprint density at radius 3 is 3.05 bits per heavy atom. The maximum Gasteiger partial charge on any atom is 0.248 e. The van der Waals surface area contributed by atoms with Gasteiger partial charge in [-0.05, 0) is 19.3 Å². The highest BCUT2D eigenvalue weighted by Crippen LogP contribution is 2.16. The lowest BCUT2D eigenvalue weighted by Crippen LogP contribution is -2.46. The molecule has 1 aromatic rings. The van der Waals surface area contributed by atoms with E-state index in [2.05, 4.69) is 15.6 Å². The van der Waals surface area contributed by atoms with Crippen LogP contribution in [0.4, 0.5) is 0 Å². The van der Waals surface area contributed by atoms with Gasteiger partial charge in [0.15, 0.2) is 0 Å². The second-order valence-corrected chi connectivity index (χ2v) is 5.42. The molecule has 8 heteroatoms. The number of amides is 2. The van der Waals surface area contributed by atoms with Crippen molar-refractivity contribution in [1.29, 1.82) is 0 Å². The third-order valence-corrected chi connectivity index (χ3v) is 3.75. The van der Waals surface area contributed by atoms with Crippen LogP contribution in [0, 0.1) is 5.92 Å². The number of carbonyl (C=O) groups is 2. The Balaban J connectivity index is 1.68. The summed E-state index contributed by atoms with van der Waals surface area (Å²) in [5.41, 5.74) is 0. The Morgan fingerprint density at radius 1 is 1.45 bits per heavy atom. The zero-order valence-corrected chi connectivity index (χ0v) is 12.9. The molecule has 2 heterocycles. The SMILES string of the molecule is COCC(=O)N1CCCC(C(=O)NCCCn2ccnn2)C1. The number of aromatic nitrogens is 3. The average Bonchev–Trinajstić information content (AvgIpc) is 3.05. The van der Waals surface area contributed by atoms with E-state index in [4.69, 9.17) is 4.74 Å². The Kier molecular flexibility index (Phi) is 6.32. The summed E-state index contributed by atoms with van der Waals surface area (Å²) in [4.78, 5) is 25.7. The second kappa shape index (κ2) is 8.47. The molecule has 0 radical (unpaired) electrons. The highest BCUT2D eigenvalue weighted by atomic mass is 16.5. The number of nitrogens with one attached hydrogen (secondary N) is 1. The number of hydrogen-bond donors (Lipinski definition) is 1. The van der Waals surface area contributed by atoms with Gasteiger partial charge in [-0.2, -0.15) is 0 Å². The summed E-state index contributed by atoms with van der Waals surface area (Å²) in [6.07, 6.45) is 5.90. The quantitative estimate of drug-likeness (QED) is 0.697. The number of methoxy groups -OCH3 is 1. The first-order valence-corrected chi connectivity index (χ1v) is 7.59. The van der Waals surface area contributed by atoms with Gasteiger partial charge in [0.2, 0.25) is 11.8 Å². The number of nitrogens with zero attached hydrogens (tertiary/aromatic N) is 4. The molecule has 1 unspecified atom stereocenters. The second-order valence-electron chi connectivity index (χ2n) is 5.42. The van der Waals surface area contributed by atoms with Crippen LogP contribution in [0.1, 0.15) is 19.3 Å². The molecule has 0 aliphatic carbocycles. The van der Waals surface area contributed by atoms with Crippen molar-refractivity contribution < 1.29 is 14.3 Å². The third kappa shape index (κ3) is 4.80. The topological polar surface area (TPSA) is 89.4 Å². The van der Waals surface area contributed by atoms with Crippen molar-refractivity contribution in [3.8, 4) is 0 Å². The van der Waals surface area contributed by atoms with Crippen LogP contribution in [0.5, 0.6) is 0 Å². The molecule has 0 spiro atoms. The molecule has 22 heavy (non-hydrogen) atoms. The van der Waals surface area contributed by atoms with E-state index >= 15 is 0 Å². The molecule has 1 fully saturated rings. The van der Waals surface area contributed by atoms with Gasteiger partial charge in [0, 0.05) is 39.5 Å². The highest BCUT2D eigenvalue weighted by molar-refractivity contribution is 5.81. The van der Waals surface area contributed by atoms with Crippen LogP contribution in [-0.4, -0.2) is 65.1 Å². The molecule has 8 nitrogen and oxygen atoms in total. The predicted molar refractivity (Wildman–Crippen MR) is 78.8 cm³/mol. The van der Waals surface area contributed by atoms with E-state index in [1.165, 1.54) is 7.11 Å². The average molecular weight is 309 g/mol. The van der Waals surface area contributed by atoms with Crippen molar-refractivity contribution in [2.45, 2.75) is 25.8 Å². The largest absolute Gasteiger partial charge is 0.375 e. The van der Waals surface area contributed by atoms with E-state index in [0.29, 0.717) is 19.6 Å². The van der Waals surface area contributed by atoms with Crippen molar-refractivity contribution in [3.63, 3.8) is 0 Å². The molecule has 0 aromatic carbocycles. The molecular formula is C14H23N5O3. The number of carbonyl (C=O) groups excluding carboxylic acids is 2. The van der Waals surface area contributed by atoms with Crippen molar-refractivity contribution in [3.05, 3.63) is 12.4 Å². The fourth-order valence-corrected chi connectivity index (χ4v) is 2.58. The van der Waals surface area contributed by atoms with E-state index in [1.54, 1.807) is 22.0 Å². The fraction of sp³-hybridized carbons (Fsp3) is 0.714. The molecule has 1 N–H and O–H groups in total. The first kappa shape index (κ1) is 16.4. The van der Waals surface area contributed by atoms with E-state index in [0.717, 1.165) is 25.8 Å². The van der Waals surface area contributed by atoms with Crippen LogP contribution >= 0.6 is 0 Å². The molecule has 1 saturated heterocycles. The first-order valence-electron chi connectivity index (χ1n) is 7.59. The Morgan fingerprint density at radius 2 is 2.32 bits per heavy atom. The number of likely N-dealkylation sites (tertiary alicyclic amines) is 1. The van der Waals surface area contributed by atoms with Gasteiger partial charge >= 0.3 is 0 Å². The van der Waals surface area contributed by atoms with Gasteiger partial charge in [0.1, 0.15) is 6.61 Å². The van der Waals surface area contributed by atoms with E-state index in [-0.39, 0.29) is 24.3 Å². The molecule has 2 rings (SSSR count). The number of hydrogen-bond acceptors (Lipinski definition) is 5.